The number of Topliss-reactive ketones (excluding diaryl/α,β-unsaturated/α-hetero) is 2. The van der Waals surface area contributed by atoms with Gasteiger partial charge in [-0.1, -0.05) is 148 Å². The van der Waals surface area contributed by atoms with Crippen molar-refractivity contribution in [3.63, 3.8) is 0 Å². The molecule has 0 saturated heterocycles. The molecule has 0 saturated carbocycles. The molecular formula is C43H82BrNO3. The Morgan fingerprint density at radius 2 is 0.875 bits per heavy atom. The zero-order valence-corrected chi connectivity index (χ0v) is 34.2. The number of aliphatic hydroxyl groups is 1. The van der Waals surface area contributed by atoms with E-state index in [2.05, 4.69) is 38.2 Å². The molecule has 0 aromatic carbocycles. The average Bonchev–Trinajstić information content (AvgIpc) is 3.04. The maximum Gasteiger partial charge on any atom is 0.141 e. The van der Waals surface area contributed by atoms with Gasteiger partial charge in [-0.3, -0.25) is 9.59 Å². The Balaban J connectivity index is 0. The molecule has 0 aliphatic heterocycles. The normalized spacial score (nSPS) is 14.3. The van der Waals surface area contributed by atoms with Gasteiger partial charge in [-0.15, -0.1) is 17.0 Å². The number of carbonyl (C=O) groups is 2. The number of ketones is 2. The molecule has 0 bridgehead atoms. The van der Waals surface area contributed by atoms with E-state index in [-0.39, 0.29) is 41.6 Å². The van der Waals surface area contributed by atoms with Crippen LogP contribution in [-0.4, -0.2) is 28.8 Å². The van der Waals surface area contributed by atoms with E-state index in [9.17, 15) is 14.7 Å². The molecule has 0 rings (SSSR count). The zero-order valence-electron chi connectivity index (χ0n) is 32.5. The molecule has 4 nitrogen and oxygen atoms in total. The smallest absolute Gasteiger partial charge is 0.141 e. The molecule has 3 N–H and O–H groups in total. The minimum Gasteiger partial charge on any atom is -0.396 e. The van der Waals surface area contributed by atoms with Crippen molar-refractivity contribution in [2.45, 2.75) is 226 Å². The van der Waals surface area contributed by atoms with Gasteiger partial charge in [0.15, 0.2) is 0 Å². The van der Waals surface area contributed by atoms with E-state index in [0.717, 1.165) is 51.4 Å². The maximum atomic E-state index is 13.5. The summed E-state index contributed by atoms with van der Waals surface area (Å²) in [6.07, 6.45) is 42.8. The van der Waals surface area contributed by atoms with Crippen molar-refractivity contribution < 1.29 is 14.7 Å². The van der Waals surface area contributed by atoms with Gasteiger partial charge in [0.1, 0.15) is 11.6 Å². The van der Waals surface area contributed by atoms with Crippen LogP contribution in [0.25, 0.3) is 0 Å². The van der Waals surface area contributed by atoms with Gasteiger partial charge in [0.25, 0.3) is 0 Å². The lowest BCUT2D eigenvalue weighted by Crippen LogP contribution is -2.57. The summed E-state index contributed by atoms with van der Waals surface area (Å²) >= 11 is 0. The summed E-state index contributed by atoms with van der Waals surface area (Å²) in [6.45, 7) is 8.17. The van der Waals surface area contributed by atoms with Crippen molar-refractivity contribution in [1.29, 1.82) is 0 Å². The number of unbranched alkanes of at least 4 members (excludes halogenated alkanes) is 22. The van der Waals surface area contributed by atoms with Crippen molar-refractivity contribution >= 4 is 28.5 Å². The standard InChI is InChI=1S/C43H81NO3.BrH/c1-5-7-9-11-13-15-17-19-21-23-25-27-29-31-33-35-40(46)39-42(3,43(4,44)37-38-45)41(47)36-34-32-30-28-26-24-22-20-18-16-14-12-10-8-6-2;/h19-22,45H,5-18,23-39,44H2,1-4H3;1H/b21-19-,22-20-;. The first-order valence-corrected chi connectivity index (χ1v) is 20.5. The summed E-state index contributed by atoms with van der Waals surface area (Å²) in [7, 11) is 0. The summed E-state index contributed by atoms with van der Waals surface area (Å²) in [5.74, 6) is 0.226. The second-order valence-corrected chi connectivity index (χ2v) is 15.0. The number of nitrogens with two attached hydrogens (primary N) is 1. The fourth-order valence-corrected chi connectivity index (χ4v) is 6.63. The van der Waals surface area contributed by atoms with E-state index in [1.807, 2.05) is 13.8 Å². The van der Waals surface area contributed by atoms with E-state index >= 15 is 0 Å². The Morgan fingerprint density at radius 3 is 1.25 bits per heavy atom. The molecule has 0 heterocycles. The minimum atomic E-state index is -0.935. The Morgan fingerprint density at radius 1 is 0.542 bits per heavy atom. The molecule has 2 atom stereocenters. The summed E-state index contributed by atoms with van der Waals surface area (Å²) in [6, 6.07) is 0. The van der Waals surface area contributed by atoms with Gasteiger partial charge < -0.3 is 10.8 Å². The van der Waals surface area contributed by atoms with Gasteiger partial charge in [-0.25, -0.2) is 0 Å². The number of halogens is 1. The number of allylic oxidation sites excluding steroid dienone is 4. The van der Waals surface area contributed by atoms with E-state index < -0.39 is 11.0 Å². The van der Waals surface area contributed by atoms with Gasteiger partial charge >= 0.3 is 0 Å². The molecule has 5 heteroatoms. The SMILES string of the molecule is Br.CCCCCCCC/C=C\CCCCCCCC(=O)CC(C)(C(=O)CCCCCCC/C=C\CCCCCCCC)C(C)(N)CCO. The van der Waals surface area contributed by atoms with Crippen LogP contribution < -0.4 is 5.73 Å². The summed E-state index contributed by atoms with van der Waals surface area (Å²) in [5.41, 5.74) is 4.81. The van der Waals surface area contributed by atoms with Gasteiger partial charge in [0.05, 0.1) is 5.41 Å². The third-order valence-corrected chi connectivity index (χ3v) is 10.4. The topological polar surface area (TPSA) is 80.4 Å². The Hall–Kier alpha value is -0.780. The van der Waals surface area contributed by atoms with E-state index in [1.54, 1.807) is 0 Å². The first kappa shape index (κ1) is 49.3. The second-order valence-electron chi connectivity index (χ2n) is 15.0. The van der Waals surface area contributed by atoms with Crippen LogP contribution in [0.4, 0.5) is 0 Å². The third-order valence-electron chi connectivity index (χ3n) is 10.4. The molecule has 2 unspecified atom stereocenters. The summed E-state index contributed by atoms with van der Waals surface area (Å²) < 4.78 is 0. The highest BCUT2D eigenvalue weighted by atomic mass is 79.9. The van der Waals surface area contributed by atoms with Crippen molar-refractivity contribution in [3.8, 4) is 0 Å². The summed E-state index contributed by atoms with van der Waals surface area (Å²) in [4.78, 5) is 26.6. The van der Waals surface area contributed by atoms with Gasteiger partial charge in [0, 0.05) is 31.4 Å². The lowest BCUT2D eigenvalue weighted by molar-refractivity contribution is -0.137. The van der Waals surface area contributed by atoms with Crippen molar-refractivity contribution in [3.05, 3.63) is 24.3 Å². The molecule has 284 valence electrons. The average molecular weight is 741 g/mol. The molecule has 0 aromatic heterocycles. The quantitative estimate of drug-likeness (QED) is 0.0495. The van der Waals surface area contributed by atoms with E-state index in [1.165, 1.54) is 116 Å². The van der Waals surface area contributed by atoms with Crippen LogP contribution in [0.1, 0.15) is 220 Å². The molecule has 0 aliphatic rings. The monoisotopic (exact) mass is 740 g/mol. The number of rotatable bonds is 36. The van der Waals surface area contributed by atoms with Crippen LogP contribution in [0.2, 0.25) is 0 Å². The van der Waals surface area contributed by atoms with Gasteiger partial charge in [-0.2, -0.15) is 0 Å². The van der Waals surface area contributed by atoms with Crippen LogP contribution in [0.15, 0.2) is 24.3 Å². The highest BCUT2D eigenvalue weighted by Crippen LogP contribution is 2.39. The van der Waals surface area contributed by atoms with Crippen LogP contribution >= 0.6 is 17.0 Å². The van der Waals surface area contributed by atoms with Crippen molar-refractivity contribution in [2.24, 2.45) is 11.1 Å². The highest BCUT2D eigenvalue weighted by molar-refractivity contribution is 8.93. The van der Waals surface area contributed by atoms with Crippen LogP contribution in [0.3, 0.4) is 0 Å². The number of hydrogen-bond acceptors (Lipinski definition) is 4. The van der Waals surface area contributed by atoms with Crippen molar-refractivity contribution in [2.75, 3.05) is 6.61 Å². The van der Waals surface area contributed by atoms with Gasteiger partial charge in [0.2, 0.25) is 0 Å². The molecule has 0 aliphatic carbocycles. The third kappa shape index (κ3) is 27.0. The Bertz CT molecular complexity index is 793. The molecule has 48 heavy (non-hydrogen) atoms. The molecule has 0 radical (unpaired) electrons. The zero-order chi connectivity index (χ0) is 34.9. The van der Waals surface area contributed by atoms with Crippen LogP contribution in [-0.2, 0) is 9.59 Å². The Labute approximate surface area is 310 Å². The summed E-state index contributed by atoms with van der Waals surface area (Å²) in [5, 5.41) is 9.66. The minimum absolute atomic E-state index is 0. The fourth-order valence-electron chi connectivity index (χ4n) is 6.63. The predicted octanol–water partition coefficient (Wildman–Crippen LogP) is 13.3. The highest BCUT2D eigenvalue weighted by Gasteiger charge is 2.47. The molecule has 0 fully saturated rings. The predicted molar refractivity (Wildman–Crippen MR) is 216 cm³/mol. The van der Waals surface area contributed by atoms with E-state index in [4.69, 9.17) is 5.73 Å². The molecular weight excluding hydrogens is 658 g/mol. The molecule has 0 amide bonds. The first-order chi connectivity index (χ1) is 22.7. The number of hydrogen-bond donors (Lipinski definition) is 2. The maximum absolute atomic E-state index is 13.5. The van der Waals surface area contributed by atoms with Gasteiger partial charge in [-0.05, 0) is 77.6 Å². The first-order valence-electron chi connectivity index (χ1n) is 20.5. The number of carbonyl (C=O) groups excluding carboxylic acids is 2. The second kappa shape index (κ2) is 34.7. The van der Waals surface area contributed by atoms with Crippen LogP contribution in [0.5, 0.6) is 0 Å². The number of aliphatic hydroxyl groups excluding tert-OH is 1. The van der Waals surface area contributed by atoms with Crippen molar-refractivity contribution in [1.82, 2.24) is 0 Å². The van der Waals surface area contributed by atoms with E-state index in [0.29, 0.717) is 19.3 Å². The lowest BCUT2D eigenvalue weighted by atomic mass is 9.64. The van der Waals surface area contributed by atoms with Crippen LogP contribution in [0, 0.1) is 5.41 Å². The molecule has 0 spiro atoms. The fraction of sp³-hybridized carbons (Fsp3) is 0.860. The Kier molecular flexibility index (Phi) is 35.6. The largest absolute Gasteiger partial charge is 0.396 e. The molecule has 0 aromatic rings. The lowest BCUT2D eigenvalue weighted by Gasteiger charge is -2.42.